The van der Waals surface area contributed by atoms with Gasteiger partial charge < -0.3 is 15.4 Å². The number of aromatic nitrogens is 4. The van der Waals surface area contributed by atoms with Gasteiger partial charge in [0.25, 0.3) is 0 Å². The second-order valence-electron chi connectivity index (χ2n) is 8.44. The van der Waals surface area contributed by atoms with Gasteiger partial charge in [-0.2, -0.15) is 10.1 Å². The lowest BCUT2D eigenvalue weighted by molar-refractivity contribution is 0.290. The molecule has 0 spiro atoms. The molecule has 7 nitrogen and oxygen atoms in total. The minimum absolute atomic E-state index is 0.446. The Morgan fingerprint density at radius 2 is 1.94 bits per heavy atom. The van der Waals surface area contributed by atoms with E-state index in [1.54, 1.807) is 7.11 Å². The summed E-state index contributed by atoms with van der Waals surface area (Å²) in [6.07, 6.45) is 8.28. The standard InChI is InChI=1S/C26H32N6O/c1-18(20-10-6-4-7-11-20)14-22(33-3)17-27-26-28-19(2)15-24(30-26)29-25-16-23(31-32-25)21-12-8-5-9-13-21/h4,6-7,10-11,14-16,21H,1,5,8-9,12-13,17H2,2-3H3,(H3,27,28,29,30,31,32)/b22-14-. The predicted molar refractivity (Wildman–Crippen MR) is 134 cm³/mol. The van der Waals surface area contributed by atoms with Gasteiger partial charge in [0, 0.05) is 23.7 Å². The summed E-state index contributed by atoms with van der Waals surface area (Å²) >= 11 is 0. The third-order valence-electron chi connectivity index (χ3n) is 5.90. The number of nitrogens with one attached hydrogen (secondary N) is 3. The summed E-state index contributed by atoms with van der Waals surface area (Å²) in [7, 11) is 1.65. The van der Waals surface area contributed by atoms with Crippen LogP contribution in [0.25, 0.3) is 5.57 Å². The van der Waals surface area contributed by atoms with E-state index in [4.69, 9.17) is 4.74 Å². The minimum Gasteiger partial charge on any atom is -0.499 e. The average molecular weight is 445 g/mol. The number of methoxy groups -OCH3 is 1. The van der Waals surface area contributed by atoms with Crippen LogP contribution in [-0.2, 0) is 4.74 Å². The van der Waals surface area contributed by atoms with Crippen LogP contribution >= 0.6 is 0 Å². The highest BCUT2D eigenvalue weighted by molar-refractivity contribution is 5.72. The third-order valence-corrected chi connectivity index (χ3v) is 5.90. The molecular weight excluding hydrogens is 412 g/mol. The number of ether oxygens (including phenoxy) is 1. The first-order valence-corrected chi connectivity index (χ1v) is 11.5. The highest BCUT2D eigenvalue weighted by Crippen LogP contribution is 2.32. The number of hydrogen-bond acceptors (Lipinski definition) is 6. The Morgan fingerprint density at radius 1 is 1.15 bits per heavy atom. The van der Waals surface area contributed by atoms with E-state index in [-0.39, 0.29) is 0 Å². The zero-order valence-electron chi connectivity index (χ0n) is 19.4. The molecule has 33 heavy (non-hydrogen) atoms. The quantitative estimate of drug-likeness (QED) is 0.279. The Bertz CT molecular complexity index is 1100. The number of benzene rings is 1. The molecule has 0 bridgehead atoms. The summed E-state index contributed by atoms with van der Waals surface area (Å²) in [5.74, 6) is 3.38. The van der Waals surface area contributed by atoms with Crippen molar-refractivity contribution in [2.75, 3.05) is 24.3 Å². The maximum Gasteiger partial charge on any atom is 0.225 e. The number of aryl methyl sites for hydroxylation is 1. The minimum atomic E-state index is 0.446. The molecule has 0 unspecified atom stereocenters. The molecule has 1 aromatic carbocycles. The number of H-pyrrole nitrogens is 1. The van der Waals surface area contributed by atoms with E-state index >= 15 is 0 Å². The smallest absolute Gasteiger partial charge is 0.225 e. The van der Waals surface area contributed by atoms with Crippen molar-refractivity contribution in [3.8, 4) is 0 Å². The highest BCUT2D eigenvalue weighted by atomic mass is 16.5. The number of allylic oxidation sites excluding steroid dienone is 2. The van der Waals surface area contributed by atoms with Crippen molar-refractivity contribution in [1.82, 2.24) is 20.2 Å². The van der Waals surface area contributed by atoms with Gasteiger partial charge in [0.05, 0.1) is 19.3 Å². The molecule has 4 rings (SSSR count). The Balaban J connectivity index is 1.40. The maximum absolute atomic E-state index is 5.53. The molecule has 0 radical (unpaired) electrons. The van der Waals surface area contributed by atoms with Gasteiger partial charge in [0.15, 0.2) is 0 Å². The zero-order chi connectivity index (χ0) is 23.0. The van der Waals surface area contributed by atoms with Crippen molar-refractivity contribution in [2.45, 2.75) is 44.9 Å². The Labute approximate surface area is 195 Å². The summed E-state index contributed by atoms with van der Waals surface area (Å²) in [6, 6.07) is 14.0. The molecule has 1 fully saturated rings. The van der Waals surface area contributed by atoms with Crippen molar-refractivity contribution in [1.29, 1.82) is 0 Å². The molecule has 1 aliphatic carbocycles. The van der Waals surface area contributed by atoms with E-state index in [1.165, 1.54) is 32.1 Å². The molecule has 3 aromatic rings. The second-order valence-corrected chi connectivity index (χ2v) is 8.44. The lowest BCUT2D eigenvalue weighted by Crippen LogP contribution is -2.10. The molecule has 0 atom stereocenters. The molecule has 0 amide bonds. The van der Waals surface area contributed by atoms with Crippen molar-refractivity contribution < 1.29 is 4.74 Å². The van der Waals surface area contributed by atoms with Gasteiger partial charge in [-0.15, -0.1) is 0 Å². The van der Waals surface area contributed by atoms with Crippen LogP contribution in [0.4, 0.5) is 17.6 Å². The summed E-state index contributed by atoms with van der Waals surface area (Å²) in [4.78, 5) is 9.11. The number of hydrogen-bond donors (Lipinski definition) is 3. The summed E-state index contributed by atoms with van der Waals surface area (Å²) in [6.45, 7) is 6.54. The van der Waals surface area contributed by atoms with Gasteiger partial charge in [-0.05, 0) is 37.0 Å². The van der Waals surface area contributed by atoms with Crippen LogP contribution in [0.1, 0.15) is 55.0 Å². The molecule has 0 saturated heterocycles. The molecule has 7 heteroatoms. The molecule has 0 aliphatic heterocycles. The fraction of sp³-hybridized carbons (Fsp3) is 0.346. The molecule has 172 valence electrons. The molecule has 2 heterocycles. The first-order valence-electron chi connectivity index (χ1n) is 11.5. The first kappa shape index (κ1) is 22.6. The van der Waals surface area contributed by atoms with E-state index in [0.717, 1.165) is 34.1 Å². The van der Waals surface area contributed by atoms with Gasteiger partial charge >= 0.3 is 0 Å². The van der Waals surface area contributed by atoms with Crippen LogP contribution < -0.4 is 10.6 Å². The van der Waals surface area contributed by atoms with E-state index < -0.39 is 0 Å². The third kappa shape index (κ3) is 6.22. The van der Waals surface area contributed by atoms with Gasteiger partial charge in [0.1, 0.15) is 17.4 Å². The van der Waals surface area contributed by atoms with Crippen molar-refractivity contribution in [3.05, 3.63) is 77.8 Å². The second kappa shape index (κ2) is 10.8. The lowest BCUT2D eigenvalue weighted by Gasteiger charge is -2.18. The van der Waals surface area contributed by atoms with Gasteiger partial charge in [-0.25, -0.2) is 4.98 Å². The lowest BCUT2D eigenvalue weighted by atomic mass is 9.87. The first-order chi connectivity index (χ1) is 16.1. The van der Waals surface area contributed by atoms with Gasteiger partial charge in [-0.1, -0.05) is 56.2 Å². The van der Waals surface area contributed by atoms with Crippen LogP contribution in [-0.4, -0.2) is 33.8 Å². The van der Waals surface area contributed by atoms with Crippen molar-refractivity contribution in [3.63, 3.8) is 0 Å². The van der Waals surface area contributed by atoms with Crippen LogP contribution in [0.5, 0.6) is 0 Å². The highest BCUT2D eigenvalue weighted by Gasteiger charge is 2.18. The van der Waals surface area contributed by atoms with Crippen LogP contribution in [0.15, 0.2) is 60.9 Å². The Kier molecular flexibility index (Phi) is 7.40. The molecule has 1 saturated carbocycles. The molecule has 1 aliphatic rings. The fourth-order valence-corrected chi connectivity index (χ4v) is 4.14. The number of anilines is 3. The molecule has 2 aromatic heterocycles. The zero-order valence-corrected chi connectivity index (χ0v) is 19.4. The largest absolute Gasteiger partial charge is 0.499 e. The summed E-state index contributed by atoms with van der Waals surface area (Å²) in [5, 5.41) is 14.2. The monoisotopic (exact) mass is 444 g/mol. The van der Waals surface area contributed by atoms with E-state index in [0.29, 0.717) is 24.2 Å². The number of aromatic amines is 1. The Hall–Kier alpha value is -3.61. The maximum atomic E-state index is 5.53. The van der Waals surface area contributed by atoms with Gasteiger partial charge in [0.2, 0.25) is 5.95 Å². The van der Waals surface area contributed by atoms with Crippen LogP contribution in [0.2, 0.25) is 0 Å². The van der Waals surface area contributed by atoms with Crippen molar-refractivity contribution >= 4 is 23.2 Å². The summed E-state index contributed by atoms with van der Waals surface area (Å²) in [5.41, 5.74) is 3.93. The van der Waals surface area contributed by atoms with E-state index in [9.17, 15) is 0 Å². The molecular formula is C26H32N6O. The fourth-order valence-electron chi connectivity index (χ4n) is 4.14. The molecule has 3 N–H and O–H groups in total. The van der Waals surface area contributed by atoms with Gasteiger partial charge in [-0.3, -0.25) is 5.10 Å². The van der Waals surface area contributed by atoms with E-state index in [1.807, 2.05) is 49.4 Å². The Morgan fingerprint density at radius 3 is 2.70 bits per heavy atom. The number of rotatable bonds is 9. The van der Waals surface area contributed by atoms with Crippen molar-refractivity contribution in [2.24, 2.45) is 0 Å². The average Bonchev–Trinajstić information content (AvgIpc) is 3.31. The predicted octanol–water partition coefficient (Wildman–Crippen LogP) is 5.96. The normalized spacial score (nSPS) is 14.7. The number of nitrogens with zero attached hydrogens (tertiary/aromatic N) is 3. The van der Waals surface area contributed by atoms with Crippen LogP contribution in [0.3, 0.4) is 0 Å². The topological polar surface area (TPSA) is 87.8 Å². The van der Waals surface area contributed by atoms with E-state index in [2.05, 4.69) is 43.4 Å². The summed E-state index contributed by atoms with van der Waals surface area (Å²) < 4.78 is 5.53. The SMILES string of the molecule is C=C(/C=C(/CNc1nc(C)cc(Nc2cc(C3CCCCC3)n[nH]2)n1)OC)c1ccccc1. The van der Waals surface area contributed by atoms with Crippen LogP contribution in [0, 0.1) is 6.92 Å².